The van der Waals surface area contributed by atoms with Crippen molar-refractivity contribution in [3.05, 3.63) is 58.3 Å². The van der Waals surface area contributed by atoms with E-state index in [0.717, 1.165) is 10.8 Å². The predicted octanol–water partition coefficient (Wildman–Crippen LogP) is 3.56. The lowest BCUT2D eigenvalue weighted by molar-refractivity contribution is -0.0247. The van der Waals surface area contributed by atoms with E-state index in [-0.39, 0.29) is 22.1 Å². The van der Waals surface area contributed by atoms with Crippen LogP contribution in [0.4, 0.5) is 0 Å². The molecule has 1 atom stereocenters. The molecule has 146 valence electrons. The summed E-state index contributed by atoms with van der Waals surface area (Å²) in [4.78, 5) is 29.8. The number of carbonyl (C=O) groups excluding carboxylic acids is 1. The zero-order chi connectivity index (χ0) is 20.5. The normalized spacial score (nSPS) is 18.1. The molecule has 1 aromatic heterocycles. The number of aliphatic hydroxyl groups excluding tert-OH is 1. The lowest BCUT2D eigenvalue weighted by Crippen LogP contribution is -2.50. The van der Waals surface area contributed by atoms with Gasteiger partial charge in [0.25, 0.3) is 0 Å². The third-order valence-electron chi connectivity index (χ3n) is 5.64. The lowest BCUT2D eigenvalue weighted by atomic mass is 9.88. The molecule has 2 N–H and O–H groups in total. The zero-order valence-corrected chi connectivity index (χ0v) is 16.2. The summed E-state index contributed by atoms with van der Waals surface area (Å²) in [7, 11) is 1.47. The Morgan fingerprint density at radius 2 is 1.86 bits per heavy atom. The Morgan fingerprint density at radius 3 is 2.62 bits per heavy atom. The highest BCUT2D eigenvalue weighted by atomic mass is 16.5. The van der Waals surface area contributed by atoms with Crippen molar-refractivity contribution in [1.82, 2.24) is 4.98 Å². The second kappa shape index (κ2) is 5.81. The van der Waals surface area contributed by atoms with E-state index >= 15 is 0 Å². The number of rotatable bonds is 1. The molecule has 5 rings (SSSR count). The average molecular weight is 389 g/mol. The molecule has 1 aliphatic heterocycles. The van der Waals surface area contributed by atoms with Crippen molar-refractivity contribution < 1.29 is 19.4 Å². The van der Waals surface area contributed by atoms with Gasteiger partial charge in [0.15, 0.2) is 6.10 Å². The highest BCUT2D eigenvalue weighted by molar-refractivity contribution is 6.17. The quantitative estimate of drug-likeness (QED) is 0.384. The maximum absolute atomic E-state index is 13.6. The monoisotopic (exact) mass is 389 g/mol. The van der Waals surface area contributed by atoms with Crippen LogP contribution >= 0.6 is 0 Å². The molecule has 0 amide bonds. The van der Waals surface area contributed by atoms with Crippen LogP contribution in [0.25, 0.3) is 32.6 Å². The average Bonchev–Trinajstić information content (AvgIpc) is 2.70. The van der Waals surface area contributed by atoms with Gasteiger partial charge in [0, 0.05) is 6.07 Å². The van der Waals surface area contributed by atoms with Crippen molar-refractivity contribution in [2.24, 2.45) is 0 Å². The van der Waals surface area contributed by atoms with E-state index in [0.29, 0.717) is 22.2 Å². The van der Waals surface area contributed by atoms with E-state index in [1.165, 1.54) is 7.11 Å². The van der Waals surface area contributed by atoms with E-state index in [4.69, 9.17) is 9.47 Å². The summed E-state index contributed by atoms with van der Waals surface area (Å²) in [6.45, 7) is 3.29. The first-order valence-electron chi connectivity index (χ1n) is 9.33. The number of H-pyrrole nitrogens is 1. The van der Waals surface area contributed by atoms with Crippen molar-refractivity contribution >= 4 is 38.4 Å². The summed E-state index contributed by atoms with van der Waals surface area (Å²) in [6.07, 6.45) is -1.35. The van der Waals surface area contributed by atoms with Gasteiger partial charge >= 0.3 is 0 Å². The molecule has 1 aliphatic rings. The number of ketones is 1. The molecular formula is C23H19NO5. The van der Waals surface area contributed by atoms with Crippen LogP contribution in [0.15, 0.2) is 47.3 Å². The number of aromatic amines is 1. The molecule has 0 saturated heterocycles. The largest absolute Gasteiger partial charge is 0.496 e. The van der Waals surface area contributed by atoms with Gasteiger partial charge in [-0.2, -0.15) is 0 Å². The third kappa shape index (κ3) is 2.32. The minimum atomic E-state index is -1.35. The second-order valence-corrected chi connectivity index (χ2v) is 7.84. The second-order valence-electron chi connectivity index (χ2n) is 7.84. The molecule has 1 unspecified atom stereocenters. The van der Waals surface area contributed by atoms with Crippen molar-refractivity contribution in [3.63, 3.8) is 0 Å². The summed E-state index contributed by atoms with van der Waals surface area (Å²) in [5, 5.41) is 13.0. The number of aliphatic hydroxyl groups is 1. The van der Waals surface area contributed by atoms with Crippen LogP contribution in [0.1, 0.15) is 24.2 Å². The number of fused-ring (bicyclic) bond motifs is 6. The molecule has 3 aromatic carbocycles. The summed E-state index contributed by atoms with van der Waals surface area (Å²) < 4.78 is 11.4. The minimum Gasteiger partial charge on any atom is -0.496 e. The van der Waals surface area contributed by atoms with E-state index in [1.807, 2.05) is 36.4 Å². The summed E-state index contributed by atoms with van der Waals surface area (Å²) >= 11 is 0. The van der Waals surface area contributed by atoms with E-state index in [1.54, 1.807) is 19.9 Å². The van der Waals surface area contributed by atoms with Crippen LogP contribution in [-0.4, -0.2) is 34.7 Å². The Morgan fingerprint density at radius 1 is 1.10 bits per heavy atom. The summed E-state index contributed by atoms with van der Waals surface area (Å²) in [5.41, 5.74) is -0.247. The summed E-state index contributed by atoms with van der Waals surface area (Å²) in [5.74, 6) is 0.111. The fraction of sp³-hybridized carbons (Fsp3) is 0.217. The maximum Gasteiger partial charge on any atom is 0.201 e. The van der Waals surface area contributed by atoms with Crippen LogP contribution in [0.3, 0.4) is 0 Å². The number of Topliss-reactive ketones (excluding diaryl/α,β-unsaturated/α-hetero) is 1. The number of benzene rings is 3. The minimum absolute atomic E-state index is 0.166. The smallest absolute Gasteiger partial charge is 0.201 e. The maximum atomic E-state index is 13.6. The van der Waals surface area contributed by atoms with Crippen LogP contribution < -0.4 is 14.9 Å². The lowest BCUT2D eigenvalue weighted by Gasteiger charge is -2.36. The predicted molar refractivity (Wildman–Crippen MR) is 111 cm³/mol. The Kier molecular flexibility index (Phi) is 3.55. The first-order valence-corrected chi connectivity index (χ1v) is 9.33. The molecule has 0 aliphatic carbocycles. The van der Waals surface area contributed by atoms with Gasteiger partial charge < -0.3 is 19.6 Å². The molecule has 0 bridgehead atoms. The van der Waals surface area contributed by atoms with Gasteiger partial charge in [0.1, 0.15) is 17.1 Å². The fourth-order valence-corrected chi connectivity index (χ4v) is 4.14. The van der Waals surface area contributed by atoms with E-state index in [9.17, 15) is 14.7 Å². The summed E-state index contributed by atoms with van der Waals surface area (Å²) in [6, 6.07) is 12.9. The van der Waals surface area contributed by atoms with Crippen molar-refractivity contribution in [2.75, 3.05) is 7.11 Å². The van der Waals surface area contributed by atoms with Crippen molar-refractivity contribution in [1.29, 1.82) is 0 Å². The Bertz CT molecular complexity index is 1400. The van der Waals surface area contributed by atoms with Gasteiger partial charge in [0.2, 0.25) is 11.2 Å². The molecule has 2 heterocycles. The highest BCUT2D eigenvalue weighted by Crippen LogP contribution is 2.41. The Hall–Kier alpha value is -3.38. The van der Waals surface area contributed by atoms with Crippen LogP contribution in [0, 0.1) is 0 Å². The Balaban J connectivity index is 2.00. The topological polar surface area (TPSA) is 88.6 Å². The third-order valence-corrected chi connectivity index (χ3v) is 5.64. The number of aromatic nitrogens is 1. The molecule has 6 heteroatoms. The standard InChI is InChI=1S/C23H19NO5/c1-23(2)22(27)21(26)18-15(29-23)10-14(28-3)17-19(18)24-13-9-8-11-6-4-5-7-12(11)16(13)20(17)25/h4-10,22,27H,1-3H3,(H,24,25). The van der Waals surface area contributed by atoms with Gasteiger partial charge in [0.05, 0.1) is 34.5 Å². The molecular weight excluding hydrogens is 370 g/mol. The van der Waals surface area contributed by atoms with Crippen LogP contribution in [0.5, 0.6) is 11.5 Å². The number of nitrogens with one attached hydrogen (secondary N) is 1. The fourth-order valence-electron chi connectivity index (χ4n) is 4.14. The first kappa shape index (κ1) is 17.7. The molecule has 29 heavy (non-hydrogen) atoms. The molecule has 0 saturated carbocycles. The molecule has 0 spiro atoms. The van der Waals surface area contributed by atoms with Crippen LogP contribution in [0.2, 0.25) is 0 Å². The van der Waals surface area contributed by atoms with Gasteiger partial charge in [-0.05, 0) is 30.7 Å². The van der Waals surface area contributed by atoms with Crippen molar-refractivity contribution in [3.8, 4) is 11.5 Å². The van der Waals surface area contributed by atoms with Gasteiger partial charge in [-0.1, -0.05) is 30.3 Å². The number of methoxy groups -OCH3 is 1. The number of carbonyl (C=O) groups is 1. The number of hydrogen-bond acceptors (Lipinski definition) is 5. The number of ether oxygens (including phenoxy) is 2. The van der Waals surface area contributed by atoms with Gasteiger partial charge in [-0.25, -0.2) is 0 Å². The van der Waals surface area contributed by atoms with Gasteiger partial charge in [-0.15, -0.1) is 0 Å². The first-order chi connectivity index (χ1) is 13.8. The van der Waals surface area contributed by atoms with Crippen molar-refractivity contribution in [2.45, 2.75) is 25.6 Å². The Labute approximate surface area is 165 Å². The van der Waals surface area contributed by atoms with E-state index in [2.05, 4.69) is 4.98 Å². The molecule has 6 nitrogen and oxygen atoms in total. The highest BCUT2D eigenvalue weighted by Gasteiger charge is 2.43. The van der Waals surface area contributed by atoms with Crippen LogP contribution in [-0.2, 0) is 0 Å². The van der Waals surface area contributed by atoms with E-state index < -0.39 is 17.5 Å². The molecule has 4 aromatic rings. The zero-order valence-electron chi connectivity index (χ0n) is 16.2. The van der Waals surface area contributed by atoms with Gasteiger partial charge in [-0.3, -0.25) is 9.59 Å². The number of pyridine rings is 1. The SMILES string of the molecule is COc1cc2c(c3[nH]c4ccc5ccccc5c4c(=O)c13)C(=O)C(O)C(C)(C)O2. The molecule has 0 fully saturated rings. The number of hydrogen-bond donors (Lipinski definition) is 2. The molecule has 0 radical (unpaired) electrons.